The van der Waals surface area contributed by atoms with Gasteiger partial charge in [0.05, 0.1) is 40.0 Å². The van der Waals surface area contributed by atoms with Crippen LogP contribution in [-0.4, -0.2) is 36.0 Å². The highest BCUT2D eigenvalue weighted by atomic mass is 32.1. The third-order valence-electron chi connectivity index (χ3n) is 7.37. The van der Waals surface area contributed by atoms with Gasteiger partial charge in [-0.3, -0.25) is 19.9 Å². The van der Waals surface area contributed by atoms with Gasteiger partial charge in [0.2, 0.25) is 5.91 Å². The van der Waals surface area contributed by atoms with E-state index in [0.717, 1.165) is 47.8 Å². The molecule has 5 aromatic heterocycles. The quantitative estimate of drug-likeness (QED) is 0.220. The number of carbonyl (C=O) groups is 1. The molecule has 1 saturated carbocycles. The maximum atomic E-state index is 16.1. The zero-order valence-corrected chi connectivity index (χ0v) is 21.7. The lowest BCUT2D eigenvalue weighted by atomic mass is 9.88. The number of aromatic nitrogens is 6. The van der Waals surface area contributed by atoms with Crippen LogP contribution in [0.3, 0.4) is 0 Å². The first-order valence-corrected chi connectivity index (χ1v) is 13.9. The average Bonchev–Trinajstić information content (AvgIpc) is 3.73. The van der Waals surface area contributed by atoms with E-state index in [1.807, 2.05) is 23.6 Å². The summed E-state index contributed by atoms with van der Waals surface area (Å²) in [6.07, 6.45) is 9.77. The molecule has 6 aromatic rings. The normalized spacial score (nSPS) is 14.3. The summed E-state index contributed by atoms with van der Waals surface area (Å²) in [6.45, 7) is 0. The second-order valence-corrected chi connectivity index (χ2v) is 10.6. The minimum absolute atomic E-state index is 0.00571. The van der Waals surface area contributed by atoms with Gasteiger partial charge < -0.3 is 10.3 Å². The number of rotatable bonds is 5. The molecule has 0 bridgehead atoms. The highest BCUT2D eigenvalue weighted by molar-refractivity contribution is 7.08. The first kappa shape index (κ1) is 23.7. The van der Waals surface area contributed by atoms with E-state index in [-0.39, 0.29) is 22.9 Å². The number of amides is 1. The number of hydrogen-bond acceptors (Lipinski definition) is 6. The molecule has 1 aromatic carbocycles. The Hall–Kier alpha value is -4.44. The van der Waals surface area contributed by atoms with E-state index < -0.39 is 5.82 Å². The minimum Gasteiger partial charge on any atom is -0.337 e. The van der Waals surface area contributed by atoms with E-state index in [9.17, 15) is 4.79 Å². The second-order valence-electron chi connectivity index (χ2n) is 9.87. The molecular weight excluding hydrogens is 513 g/mol. The van der Waals surface area contributed by atoms with Gasteiger partial charge in [0.25, 0.3) is 0 Å². The van der Waals surface area contributed by atoms with Crippen LogP contribution in [0.25, 0.3) is 55.8 Å². The monoisotopic (exact) mass is 537 g/mol. The molecule has 8 nitrogen and oxygen atoms in total. The fraction of sp³-hybridized carbons (Fsp3) is 0.207. The van der Waals surface area contributed by atoms with Crippen LogP contribution in [0.5, 0.6) is 0 Å². The Labute approximate surface area is 226 Å². The van der Waals surface area contributed by atoms with Gasteiger partial charge in [0.15, 0.2) is 11.6 Å². The number of halogens is 1. The van der Waals surface area contributed by atoms with Gasteiger partial charge in [-0.15, -0.1) is 0 Å². The highest BCUT2D eigenvalue weighted by Gasteiger charge is 2.23. The molecule has 0 atom stereocenters. The van der Waals surface area contributed by atoms with Crippen LogP contribution >= 0.6 is 11.3 Å². The maximum Gasteiger partial charge on any atom is 0.227 e. The number of aromatic amines is 2. The van der Waals surface area contributed by atoms with Crippen LogP contribution < -0.4 is 5.32 Å². The van der Waals surface area contributed by atoms with Crippen LogP contribution in [0.1, 0.15) is 32.1 Å². The lowest BCUT2D eigenvalue weighted by Gasteiger charge is -2.20. The largest absolute Gasteiger partial charge is 0.337 e. The Morgan fingerprint density at radius 1 is 1.03 bits per heavy atom. The maximum absolute atomic E-state index is 16.1. The van der Waals surface area contributed by atoms with Gasteiger partial charge in [-0.25, -0.2) is 9.37 Å². The molecule has 0 aliphatic heterocycles. The first-order valence-electron chi connectivity index (χ1n) is 13.0. The number of anilines is 1. The third kappa shape index (κ3) is 4.26. The Balaban J connectivity index is 1.26. The number of fused-ring (bicyclic) bond motifs is 2. The molecule has 1 amide bonds. The molecule has 0 radical (unpaired) electrons. The number of pyridine rings is 2. The SMILES string of the molecule is O=C(Nc1cncc(-c2ncc3[nH]nc(-c4nc5c(-c6ccsc6)cccc5[nH]4)c3c2F)c1)C1CCCCC1. The standard InChI is InChI=1S/C29H24FN7OS/c30-24-23-22(14-32-25(24)18-11-19(13-31-12-18)33-29(38)16-5-2-1-3-6-16)36-37-27(23)28-34-21-8-4-7-20(26(21)35-28)17-9-10-39-15-17/h4,7-16H,1-3,5-6H2,(H,33,38)(H,34,35)(H,36,37). The lowest BCUT2D eigenvalue weighted by Crippen LogP contribution is -2.24. The summed E-state index contributed by atoms with van der Waals surface area (Å²) in [6, 6.07) is 9.69. The first-order chi connectivity index (χ1) is 19.2. The predicted octanol–water partition coefficient (Wildman–Crippen LogP) is 6.95. The number of imidazole rings is 1. The number of hydrogen-bond donors (Lipinski definition) is 3. The number of benzene rings is 1. The zero-order valence-electron chi connectivity index (χ0n) is 20.9. The van der Waals surface area contributed by atoms with E-state index in [0.29, 0.717) is 28.3 Å². The van der Waals surface area contributed by atoms with Crippen molar-refractivity contribution in [2.75, 3.05) is 5.32 Å². The summed E-state index contributed by atoms with van der Waals surface area (Å²) in [5.74, 6) is -0.0820. The molecule has 0 spiro atoms. The topological polar surface area (TPSA) is 112 Å². The van der Waals surface area contributed by atoms with Crippen molar-refractivity contribution in [1.82, 2.24) is 30.1 Å². The number of nitrogens with one attached hydrogen (secondary N) is 3. The van der Waals surface area contributed by atoms with Crippen molar-refractivity contribution >= 4 is 44.9 Å². The molecule has 194 valence electrons. The second kappa shape index (κ2) is 9.70. The third-order valence-corrected chi connectivity index (χ3v) is 8.05. The van der Waals surface area contributed by atoms with Crippen molar-refractivity contribution in [3.05, 3.63) is 65.5 Å². The Morgan fingerprint density at radius 3 is 2.77 bits per heavy atom. The van der Waals surface area contributed by atoms with Crippen molar-refractivity contribution in [1.29, 1.82) is 0 Å². The van der Waals surface area contributed by atoms with Crippen LogP contribution in [-0.2, 0) is 4.79 Å². The molecule has 0 unspecified atom stereocenters. The van der Waals surface area contributed by atoms with E-state index in [2.05, 4.69) is 41.9 Å². The van der Waals surface area contributed by atoms with Crippen molar-refractivity contribution < 1.29 is 9.18 Å². The van der Waals surface area contributed by atoms with Gasteiger partial charge in [-0.2, -0.15) is 16.4 Å². The van der Waals surface area contributed by atoms with Crippen molar-refractivity contribution in [2.45, 2.75) is 32.1 Å². The molecule has 7 rings (SSSR count). The Kier molecular flexibility index (Phi) is 5.89. The Morgan fingerprint density at radius 2 is 1.92 bits per heavy atom. The molecule has 5 heterocycles. The van der Waals surface area contributed by atoms with Crippen LogP contribution in [0.4, 0.5) is 10.1 Å². The summed E-state index contributed by atoms with van der Waals surface area (Å²) in [4.78, 5) is 29.5. The predicted molar refractivity (Wildman–Crippen MR) is 151 cm³/mol. The summed E-state index contributed by atoms with van der Waals surface area (Å²) in [5, 5.41) is 14.6. The molecule has 39 heavy (non-hydrogen) atoms. The van der Waals surface area contributed by atoms with Crippen molar-refractivity contribution in [3.63, 3.8) is 0 Å². The van der Waals surface area contributed by atoms with Gasteiger partial charge >= 0.3 is 0 Å². The number of para-hydroxylation sites is 1. The summed E-state index contributed by atoms with van der Waals surface area (Å²) >= 11 is 1.62. The highest BCUT2D eigenvalue weighted by Crippen LogP contribution is 2.35. The molecule has 3 N–H and O–H groups in total. The molecule has 10 heteroatoms. The molecule has 1 aliphatic rings. The van der Waals surface area contributed by atoms with Crippen LogP contribution in [0.15, 0.2) is 59.7 Å². The fourth-order valence-corrected chi connectivity index (χ4v) is 6.05. The number of thiophene rings is 1. The minimum atomic E-state index is -0.535. The number of nitrogens with zero attached hydrogens (tertiary/aromatic N) is 4. The lowest BCUT2D eigenvalue weighted by molar-refractivity contribution is -0.120. The van der Waals surface area contributed by atoms with Crippen LogP contribution in [0.2, 0.25) is 0 Å². The van der Waals surface area contributed by atoms with Gasteiger partial charge in [0.1, 0.15) is 11.4 Å². The Bertz CT molecular complexity index is 1820. The van der Waals surface area contributed by atoms with E-state index in [1.54, 1.807) is 36.0 Å². The molecule has 0 saturated heterocycles. The summed E-state index contributed by atoms with van der Waals surface area (Å²) < 4.78 is 16.1. The number of carbonyl (C=O) groups excluding carboxylic acids is 1. The number of H-pyrrole nitrogens is 2. The van der Waals surface area contributed by atoms with Gasteiger partial charge in [0, 0.05) is 23.2 Å². The average molecular weight is 538 g/mol. The summed E-state index contributed by atoms with van der Waals surface area (Å²) in [5.41, 5.74) is 5.65. The summed E-state index contributed by atoms with van der Waals surface area (Å²) in [7, 11) is 0. The van der Waals surface area contributed by atoms with Crippen molar-refractivity contribution in [3.8, 4) is 33.9 Å². The van der Waals surface area contributed by atoms with Crippen molar-refractivity contribution in [2.24, 2.45) is 5.92 Å². The molecule has 1 fully saturated rings. The molecular formula is C29H24FN7OS. The van der Waals surface area contributed by atoms with Crippen LogP contribution in [0, 0.1) is 11.7 Å². The van der Waals surface area contributed by atoms with E-state index >= 15 is 4.39 Å². The van der Waals surface area contributed by atoms with E-state index in [1.165, 1.54) is 6.42 Å². The van der Waals surface area contributed by atoms with Gasteiger partial charge in [-0.05, 0) is 47.4 Å². The fourth-order valence-electron chi connectivity index (χ4n) is 5.39. The zero-order chi connectivity index (χ0) is 26.3. The van der Waals surface area contributed by atoms with Gasteiger partial charge in [-0.1, -0.05) is 31.4 Å². The molecule has 1 aliphatic carbocycles. The van der Waals surface area contributed by atoms with E-state index in [4.69, 9.17) is 4.98 Å². The smallest absolute Gasteiger partial charge is 0.227 e.